The fourth-order valence-corrected chi connectivity index (χ4v) is 3.54. The second-order valence-electron chi connectivity index (χ2n) is 6.20. The average Bonchev–Trinajstić information content (AvgIpc) is 2.93. The second kappa shape index (κ2) is 5.41. The lowest BCUT2D eigenvalue weighted by Crippen LogP contribution is -2.28. The highest BCUT2D eigenvalue weighted by molar-refractivity contribution is 5.92. The molecule has 0 amide bonds. The van der Waals surface area contributed by atoms with Gasteiger partial charge in [0.1, 0.15) is 6.04 Å². The molecule has 1 aromatic carbocycles. The molecule has 0 saturated heterocycles. The van der Waals surface area contributed by atoms with Crippen LogP contribution in [-0.4, -0.2) is 34.1 Å². The van der Waals surface area contributed by atoms with Gasteiger partial charge in [0.05, 0.1) is 0 Å². The van der Waals surface area contributed by atoms with Crippen LogP contribution in [0.1, 0.15) is 35.3 Å². The third-order valence-corrected chi connectivity index (χ3v) is 4.69. The molecular weight excluding hydrogens is 278 g/mol. The van der Waals surface area contributed by atoms with E-state index >= 15 is 0 Å². The summed E-state index contributed by atoms with van der Waals surface area (Å²) < 4.78 is 2.11. The highest BCUT2D eigenvalue weighted by Gasteiger charge is 2.27. The minimum atomic E-state index is -0.824. The molecule has 1 aromatic heterocycles. The number of hydrogen-bond donors (Lipinski definition) is 2. The van der Waals surface area contributed by atoms with Gasteiger partial charge in [0, 0.05) is 42.3 Å². The highest BCUT2D eigenvalue weighted by atomic mass is 16.4. The molecule has 2 aromatic rings. The Labute approximate surface area is 130 Å². The van der Waals surface area contributed by atoms with Gasteiger partial charge in [-0.3, -0.25) is 9.69 Å². The molecule has 118 valence electrons. The summed E-state index contributed by atoms with van der Waals surface area (Å²) >= 11 is 0. The smallest absolute Gasteiger partial charge is 0.325 e. The van der Waals surface area contributed by atoms with Crippen molar-refractivity contribution in [3.05, 3.63) is 34.5 Å². The molecule has 0 fully saturated rings. The topological polar surface area (TPSA) is 57.5 Å². The Hall–Kier alpha value is -1.85. The van der Waals surface area contributed by atoms with Crippen molar-refractivity contribution in [3.8, 4) is 0 Å². The number of likely N-dealkylation sites (N-methyl/N-ethyl adjacent to an activating group) is 1. The van der Waals surface area contributed by atoms with Crippen LogP contribution >= 0.6 is 0 Å². The van der Waals surface area contributed by atoms with Crippen LogP contribution in [0.4, 0.5) is 0 Å². The Bertz CT molecular complexity index is 748. The van der Waals surface area contributed by atoms with Gasteiger partial charge in [0.2, 0.25) is 0 Å². The van der Waals surface area contributed by atoms with Gasteiger partial charge in [-0.15, -0.1) is 0 Å². The number of nitrogens with one attached hydrogen (secondary N) is 1. The molecule has 22 heavy (non-hydrogen) atoms. The number of nitrogens with zero attached hydrogens (tertiary/aromatic N) is 2. The van der Waals surface area contributed by atoms with Gasteiger partial charge in [0.25, 0.3) is 0 Å². The summed E-state index contributed by atoms with van der Waals surface area (Å²) in [6, 6.07) is 3.74. The quantitative estimate of drug-likeness (QED) is 0.908. The van der Waals surface area contributed by atoms with E-state index in [2.05, 4.69) is 34.0 Å². The summed E-state index contributed by atoms with van der Waals surface area (Å²) in [7, 11) is 4.12. The van der Waals surface area contributed by atoms with Gasteiger partial charge in [-0.1, -0.05) is 6.92 Å². The van der Waals surface area contributed by atoms with Crippen molar-refractivity contribution in [2.45, 2.75) is 33.0 Å². The number of carboxylic acids is 1. The van der Waals surface area contributed by atoms with Crippen molar-refractivity contribution in [1.82, 2.24) is 14.8 Å². The van der Waals surface area contributed by atoms with E-state index in [0.29, 0.717) is 6.54 Å². The standard InChI is InChI=1S/C17H23N3O2/c1-5-18-16(17(21)22)15-10(2)20(4)14-7-12-9-19(3)8-11(12)6-13(14)15/h6-7,16,18H,5,8-9H2,1-4H3,(H,21,22). The molecule has 2 N–H and O–H groups in total. The van der Waals surface area contributed by atoms with Gasteiger partial charge in [-0.2, -0.15) is 0 Å². The highest BCUT2D eigenvalue weighted by Crippen LogP contribution is 2.34. The largest absolute Gasteiger partial charge is 0.480 e. The summed E-state index contributed by atoms with van der Waals surface area (Å²) in [4.78, 5) is 14.0. The van der Waals surface area contributed by atoms with Crippen LogP contribution in [-0.2, 0) is 24.9 Å². The lowest BCUT2D eigenvalue weighted by molar-refractivity contribution is -0.139. The zero-order chi connectivity index (χ0) is 16.0. The Balaban J connectivity index is 2.24. The molecule has 1 atom stereocenters. The van der Waals surface area contributed by atoms with Crippen LogP contribution in [0.15, 0.2) is 12.1 Å². The molecule has 2 heterocycles. The Morgan fingerprint density at radius 1 is 1.32 bits per heavy atom. The van der Waals surface area contributed by atoms with Crippen LogP contribution in [0.3, 0.4) is 0 Å². The summed E-state index contributed by atoms with van der Waals surface area (Å²) in [5.41, 5.74) is 5.68. The Kier molecular flexibility index (Phi) is 3.70. The third kappa shape index (κ3) is 2.21. The predicted octanol–water partition coefficient (Wildman–Crippen LogP) is 2.17. The van der Waals surface area contributed by atoms with E-state index in [-0.39, 0.29) is 0 Å². The first-order chi connectivity index (χ1) is 10.4. The summed E-state index contributed by atoms with van der Waals surface area (Å²) in [6.07, 6.45) is 0. The maximum Gasteiger partial charge on any atom is 0.325 e. The normalized spacial score (nSPS) is 16.2. The van der Waals surface area contributed by atoms with E-state index in [9.17, 15) is 9.90 Å². The van der Waals surface area contributed by atoms with Crippen molar-refractivity contribution in [1.29, 1.82) is 0 Å². The van der Waals surface area contributed by atoms with E-state index in [1.165, 1.54) is 11.1 Å². The molecule has 5 heteroatoms. The maximum atomic E-state index is 11.7. The van der Waals surface area contributed by atoms with Gasteiger partial charge in [-0.05, 0) is 43.8 Å². The monoisotopic (exact) mass is 301 g/mol. The van der Waals surface area contributed by atoms with E-state index in [0.717, 1.165) is 35.2 Å². The van der Waals surface area contributed by atoms with Crippen molar-refractivity contribution >= 4 is 16.9 Å². The number of benzene rings is 1. The molecule has 3 rings (SSSR count). The zero-order valence-electron chi connectivity index (χ0n) is 13.6. The van der Waals surface area contributed by atoms with Crippen LogP contribution in [0, 0.1) is 6.92 Å². The van der Waals surface area contributed by atoms with Crippen LogP contribution in [0.5, 0.6) is 0 Å². The molecule has 0 bridgehead atoms. The van der Waals surface area contributed by atoms with Gasteiger partial charge >= 0.3 is 5.97 Å². The van der Waals surface area contributed by atoms with Gasteiger partial charge < -0.3 is 15.0 Å². The lowest BCUT2D eigenvalue weighted by atomic mass is 10.00. The molecule has 0 radical (unpaired) electrons. The summed E-state index contributed by atoms with van der Waals surface area (Å²) in [6.45, 7) is 6.45. The van der Waals surface area contributed by atoms with Crippen LogP contribution in [0.2, 0.25) is 0 Å². The molecule has 0 aliphatic carbocycles. The summed E-state index contributed by atoms with van der Waals surface area (Å²) in [5, 5.41) is 13.8. The number of hydrogen-bond acceptors (Lipinski definition) is 3. The van der Waals surface area contributed by atoms with Crippen molar-refractivity contribution in [3.63, 3.8) is 0 Å². The molecule has 0 spiro atoms. The lowest BCUT2D eigenvalue weighted by Gasteiger charge is -2.14. The fourth-order valence-electron chi connectivity index (χ4n) is 3.54. The molecule has 1 aliphatic rings. The average molecular weight is 301 g/mol. The molecule has 0 saturated carbocycles. The second-order valence-corrected chi connectivity index (χ2v) is 6.20. The van der Waals surface area contributed by atoms with E-state index in [1.54, 1.807) is 0 Å². The van der Waals surface area contributed by atoms with Crippen molar-refractivity contribution < 1.29 is 9.90 Å². The SMILES string of the molecule is CCNC(C(=O)O)c1c(C)n(C)c2cc3c(cc12)CN(C)C3. The molecule has 1 unspecified atom stereocenters. The number of aryl methyl sites for hydroxylation is 1. The van der Waals surface area contributed by atoms with E-state index in [4.69, 9.17) is 0 Å². The molecule has 5 nitrogen and oxygen atoms in total. The molecule has 1 aliphatic heterocycles. The van der Waals surface area contributed by atoms with E-state index in [1.807, 2.05) is 20.9 Å². The van der Waals surface area contributed by atoms with Crippen LogP contribution in [0.25, 0.3) is 10.9 Å². The third-order valence-electron chi connectivity index (χ3n) is 4.69. The number of carbonyl (C=O) groups is 1. The predicted molar refractivity (Wildman–Crippen MR) is 86.9 cm³/mol. The van der Waals surface area contributed by atoms with E-state index < -0.39 is 12.0 Å². The zero-order valence-corrected chi connectivity index (χ0v) is 13.6. The minimum absolute atomic E-state index is 0.625. The number of rotatable bonds is 4. The first-order valence-electron chi connectivity index (χ1n) is 7.69. The van der Waals surface area contributed by atoms with Crippen LogP contribution < -0.4 is 5.32 Å². The fraction of sp³-hybridized carbons (Fsp3) is 0.471. The van der Waals surface area contributed by atoms with Crippen molar-refractivity contribution in [2.24, 2.45) is 7.05 Å². The molecular formula is C17H23N3O2. The van der Waals surface area contributed by atoms with Gasteiger partial charge in [0.15, 0.2) is 0 Å². The maximum absolute atomic E-state index is 11.7. The Morgan fingerprint density at radius 3 is 2.55 bits per heavy atom. The first-order valence-corrected chi connectivity index (χ1v) is 7.69. The minimum Gasteiger partial charge on any atom is -0.480 e. The number of aliphatic carboxylic acids is 1. The number of fused-ring (bicyclic) bond motifs is 2. The van der Waals surface area contributed by atoms with Gasteiger partial charge in [-0.25, -0.2) is 0 Å². The Morgan fingerprint density at radius 2 is 1.95 bits per heavy atom. The number of aromatic nitrogens is 1. The number of carboxylic acid groups (broad SMARTS) is 1. The summed E-state index contributed by atoms with van der Waals surface area (Å²) in [5.74, 6) is -0.824. The van der Waals surface area contributed by atoms with Crippen molar-refractivity contribution in [2.75, 3.05) is 13.6 Å². The first kappa shape index (κ1) is 15.1.